The number of esters is 1. The van der Waals surface area contributed by atoms with Crippen molar-refractivity contribution in [1.29, 1.82) is 0 Å². The zero-order chi connectivity index (χ0) is 14.3. The predicted molar refractivity (Wildman–Crippen MR) is 69.0 cm³/mol. The Hall–Kier alpha value is -1.85. The van der Waals surface area contributed by atoms with Gasteiger partial charge in [0.05, 0.1) is 39.0 Å². The molecule has 0 amide bonds. The van der Waals surface area contributed by atoms with E-state index in [0.29, 0.717) is 5.75 Å². The van der Waals surface area contributed by atoms with Gasteiger partial charge in [-0.3, -0.25) is 14.3 Å². The summed E-state index contributed by atoms with van der Waals surface area (Å²) in [6.07, 6.45) is 3.04. The molecule has 1 heterocycles. The predicted octanol–water partition coefficient (Wildman–Crippen LogP) is 1.37. The number of methoxy groups -OCH3 is 2. The molecule has 0 unspecified atom stereocenters. The van der Waals surface area contributed by atoms with E-state index in [1.807, 2.05) is 6.92 Å². The van der Waals surface area contributed by atoms with Gasteiger partial charge in [0.15, 0.2) is 5.75 Å². The number of ketones is 1. The largest absolute Gasteiger partial charge is 0.493 e. The lowest BCUT2D eigenvalue weighted by molar-refractivity contribution is -0.141. The SMILES string of the molecule is CCCn1ncc(OC)c1CC(=O)CCC(=O)OC. The normalized spacial score (nSPS) is 10.3. The summed E-state index contributed by atoms with van der Waals surface area (Å²) in [5.41, 5.74) is 0.763. The maximum atomic E-state index is 11.9. The van der Waals surface area contributed by atoms with Crippen molar-refractivity contribution in [1.82, 2.24) is 9.78 Å². The Morgan fingerprint density at radius 3 is 2.63 bits per heavy atom. The maximum Gasteiger partial charge on any atom is 0.305 e. The van der Waals surface area contributed by atoms with E-state index in [1.165, 1.54) is 7.11 Å². The van der Waals surface area contributed by atoms with E-state index in [2.05, 4.69) is 9.84 Å². The number of hydrogen-bond acceptors (Lipinski definition) is 5. The quantitative estimate of drug-likeness (QED) is 0.666. The molecule has 1 aromatic rings. The first-order valence-corrected chi connectivity index (χ1v) is 6.29. The van der Waals surface area contributed by atoms with E-state index >= 15 is 0 Å². The number of hydrogen-bond donors (Lipinski definition) is 0. The second-order valence-electron chi connectivity index (χ2n) is 4.17. The van der Waals surface area contributed by atoms with E-state index in [0.717, 1.165) is 18.7 Å². The molecule has 1 aromatic heterocycles. The molecule has 0 saturated carbocycles. The molecular weight excluding hydrogens is 248 g/mol. The van der Waals surface area contributed by atoms with Gasteiger partial charge < -0.3 is 9.47 Å². The van der Waals surface area contributed by atoms with Gasteiger partial charge >= 0.3 is 5.97 Å². The molecule has 19 heavy (non-hydrogen) atoms. The lowest BCUT2D eigenvalue weighted by Crippen LogP contribution is -2.12. The van der Waals surface area contributed by atoms with Crippen LogP contribution >= 0.6 is 0 Å². The average molecular weight is 268 g/mol. The zero-order valence-electron chi connectivity index (χ0n) is 11.6. The smallest absolute Gasteiger partial charge is 0.305 e. The van der Waals surface area contributed by atoms with Crippen molar-refractivity contribution in [3.05, 3.63) is 11.9 Å². The van der Waals surface area contributed by atoms with Gasteiger partial charge in [-0.05, 0) is 6.42 Å². The van der Waals surface area contributed by atoms with Crippen LogP contribution in [-0.2, 0) is 27.3 Å². The number of Topliss-reactive ketones (excluding diaryl/α,β-unsaturated/α-hetero) is 1. The van der Waals surface area contributed by atoms with Gasteiger partial charge in [-0.2, -0.15) is 5.10 Å². The van der Waals surface area contributed by atoms with Crippen LogP contribution in [0.5, 0.6) is 5.75 Å². The van der Waals surface area contributed by atoms with E-state index in [1.54, 1.807) is 18.0 Å². The fourth-order valence-electron chi connectivity index (χ4n) is 1.77. The molecule has 6 heteroatoms. The summed E-state index contributed by atoms with van der Waals surface area (Å²) < 4.78 is 11.5. The second-order valence-corrected chi connectivity index (χ2v) is 4.17. The van der Waals surface area contributed by atoms with Crippen LogP contribution < -0.4 is 4.74 Å². The molecule has 1 rings (SSSR count). The topological polar surface area (TPSA) is 70.4 Å². The number of nitrogens with zero attached hydrogens (tertiary/aromatic N) is 2. The van der Waals surface area contributed by atoms with Crippen LogP contribution in [0.1, 0.15) is 31.9 Å². The summed E-state index contributed by atoms with van der Waals surface area (Å²) in [6.45, 7) is 2.78. The molecule has 0 aromatic carbocycles. The monoisotopic (exact) mass is 268 g/mol. The molecule has 0 saturated heterocycles. The molecule has 6 nitrogen and oxygen atoms in total. The molecule has 0 fully saturated rings. The Morgan fingerprint density at radius 1 is 1.32 bits per heavy atom. The maximum absolute atomic E-state index is 11.9. The van der Waals surface area contributed by atoms with E-state index in [-0.39, 0.29) is 31.0 Å². The Morgan fingerprint density at radius 2 is 2.05 bits per heavy atom. The third-order valence-corrected chi connectivity index (χ3v) is 2.77. The first-order chi connectivity index (χ1) is 9.12. The molecule has 0 radical (unpaired) electrons. The van der Waals surface area contributed by atoms with Gasteiger partial charge in [0.2, 0.25) is 0 Å². The number of carbonyl (C=O) groups is 2. The zero-order valence-corrected chi connectivity index (χ0v) is 11.6. The van der Waals surface area contributed by atoms with Crippen molar-refractivity contribution in [3.8, 4) is 5.75 Å². The van der Waals surface area contributed by atoms with E-state index in [4.69, 9.17) is 4.74 Å². The van der Waals surface area contributed by atoms with Crippen molar-refractivity contribution >= 4 is 11.8 Å². The van der Waals surface area contributed by atoms with E-state index < -0.39 is 0 Å². The fraction of sp³-hybridized carbons (Fsp3) is 0.615. The highest BCUT2D eigenvalue weighted by Gasteiger charge is 2.16. The molecule has 0 bridgehead atoms. The van der Waals surface area contributed by atoms with Crippen LogP contribution in [0, 0.1) is 0 Å². The first-order valence-electron chi connectivity index (χ1n) is 6.29. The molecule has 0 aliphatic carbocycles. The Kier molecular flexibility index (Phi) is 6.05. The first kappa shape index (κ1) is 15.2. The number of rotatable bonds is 8. The number of carbonyl (C=O) groups excluding carboxylic acids is 2. The molecule has 0 atom stereocenters. The van der Waals surface area contributed by atoms with Crippen LogP contribution in [0.4, 0.5) is 0 Å². The van der Waals surface area contributed by atoms with E-state index in [9.17, 15) is 9.59 Å². The van der Waals surface area contributed by atoms with Gasteiger partial charge in [0.25, 0.3) is 0 Å². The Labute approximate surface area is 112 Å². The Balaban J connectivity index is 2.66. The number of aryl methyl sites for hydroxylation is 1. The van der Waals surface area contributed by atoms with Gasteiger partial charge in [-0.1, -0.05) is 6.92 Å². The van der Waals surface area contributed by atoms with Crippen LogP contribution in [-0.4, -0.2) is 35.8 Å². The van der Waals surface area contributed by atoms with Gasteiger partial charge in [0, 0.05) is 13.0 Å². The standard InChI is InChI=1S/C13H20N2O4/c1-4-7-15-11(12(18-2)9-14-15)8-10(16)5-6-13(17)19-3/h9H,4-8H2,1-3H3. The summed E-state index contributed by atoms with van der Waals surface area (Å²) in [4.78, 5) is 22.8. The van der Waals surface area contributed by atoms with Crippen molar-refractivity contribution in [2.75, 3.05) is 14.2 Å². The second kappa shape index (κ2) is 7.56. The van der Waals surface area contributed by atoms with Crippen LogP contribution in [0.2, 0.25) is 0 Å². The van der Waals surface area contributed by atoms with Crippen molar-refractivity contribution in [3.63, 3.8) is 0 Å². The molecule has 0 aliphatic heterocycles. The summed E-state index contributed by atoms with van der Waals surface area (Å²) in [7, 11) is 2.86. The third-order valence-electron chi connectivity index (χ3n) is 2.77. The average Bonchev–Trinajstić information content (AvgIpc) is 2.78. The van der Waals surface area contributed by atoms with Gasteiger partial charge in [-0.25, -0.2) is 0 Å². The summed E-state index contributed by atoms with van der Waals surface area (Å²) in [5.74, 6) is 0.212. The molecular formula is C13H20N2O4. The van der Waals surface area contributed by atoms with Gasteiger partial charge in [-0.15, -0.1) is 0 Å². The summed E-state index contributed by atoms with van der Waals surface area (Å²) in [6, 6.07) is 0. The number of ether oxygens (including phenoxy) is 2. The van der Waals surface area contributed by atoms with Gasteiger partial charge in [0.1, 0.15) is 5.78 Å². The molecule has 0 spiro atoms. The minimum absolute atomic E-state index is 0.0263. The Bertz CT molecular complexity index is 440. The fourth-order valence-corrected chi connectivity index (χ4v) is 1.77. The van der Waals surface area contributed by atoms with Crippen LogP contribution in [0.15, 0.2) is 6.20 Å². The molecule has 0 N–H and O–H groups in total. The number of aromatic nitrogens is 2. The summed E-state index contributed by atoms with van der Waals surface area (Å²) >= 11 is 0. The van der Waals surface area contributed by atoms with Crippen LogP contribution in [0.3, 0.4) is 0 Å². The molecule has 0 aliphatic rings. The highest BCUT2D eigenvalue weighted by molar-refractivity contribution is 5.84. The highest BCUT2D eigenvalue weighted by atomic mass is 16.5. The van der Waals surface area contributed by atoms with Crippen molar-refractivity contribution in [2.45, 2.75) is 39.2 Å². The minimum atomic E-state index is -0.373. The molecule has 106 valence electrons. The minimum Gasteiger partial charge on any atom is -0.493 e. The van der Waals surface area contributed by atoms with Crippen molar-refractivity contribution < 1.29 is 19.1 Å². The summed E-state index contributed by atoms with van der Waals surface area (Å²) in [5, 5.41) is 4.19. The highest BCUT2D eigenvalue weighted by Crippen LogP contribution is 2.19. The van der Waals surface area contributed by atoms with Crippen LogP contribution in [0.25, 0.3) is 0 Å². The lowest BCUT2D eigenvalue weighted by Gasteiger charge is -2.07. The van der Waals surface area contributed by atoms with Crippen molar-refractivity contribution in [2.24, 2.45) is 0 Å². The third kappa shape index (κ3) is 4.39. The lowest BCUT2D eigenvalue weighted by atomic mass is 10.1.